The number of nitrogens with one attached hydrogen (secondary N) is 1. The molecular formula is C18H18F2N2O2. The van der Waals surface area contributed by atoms with Gasteiger partial charge in [-0.3, -0.25) is 14.5 Å². The molecule has 2 aromatic carbocycles. The highest BCUT2D eigenvalue weighted by Crippen LogP contribution is 2.24. The van der Waals surface area contributed by atoms with Gasteiger partial charge in [0, 0.05) is 12.6 Å². The largest absolute Gasteiger partial charge is 0.324 e. The van der Waals surface area contributed by atoms with Crippen molar-refractivity contribution in [2.75, 3.05) is 16.8 Å². The van der Waals surface area contributed by atoms with Gasteiger partial charge in [0.25, 0.3) is 0 Å². The molecule has 0 aliphatic rings. The summed E-state index contributed by atoms with van der Waals surface area (Å²) >= 11 is 0. The van der Waals surface area contributed by atoms with Crippen LogP contribution in [0.3, 0.4) is 0 Å². The summed E-state index contributed by atoms with van der Waals surface area (Å²) in [5.74, 6) is -2.96. The van der Waals surface area contributed by atoms with E-state index in [1.54, 1.807) is 0 Å². The van der Waals surface area contributed by atoms with Crippen molar-refractivity contribution in [2.24, 2.45) is 0 Å². The summed E-state index contributed by atoms with van der Waals surface area (Å²) in [5, 5.41) is 2.69. The standard InChI is InChI=1S/C18H18F2N2O2/c1-11-6-4-7-12(2)17(11)21-16(24)10-22(13(3)23)18-14(19)8-5-9-15(18)20/h4-9H,10H2,1-3H3,(H,21,24). The second-order valence-corrected chi connectivity index (χ2v) is 5.49. The third kappa shape index (κ3) is 3.76. The Hall–Kier alpha value is -2.76. The second-order valence-electron chi connectivity index (χ2n) is 5.49. The number of anilines is 2. The molecule has 0 atom stereocenters. The molecule has 0 saturated carbocycles. The van der Waals surface area contributed by atoms with Crippen LogP contribution >= 0.6 is 0 Å². The first-order valence-corrected chi connectivity index (χ1v) is 7.39. The van der Waals surface area contributed by atoms with Crippen molar-refractivity contribution in [3.05, 3.63) is 59.2 Å². The number of carbonyl (C=O) groups excluding carboxylic acids is 2. The minimum Gasteiger partial charge on any atom is -0.324 e. The molecule has 1 N–H and O–H groups in total. The first kappa shape index (κ1) is 17.6. The summed E-state index contributed by atoms with van der Waals surface area (Å²) in [5.41, 5.74) is 1.81. The molecule has 2 amide bonds. The van der Waals surface area contributed by atoms with Gasteiger partial charge in [-0.05, 0) is 37.1 Å². The molecule has 2 rings (SSSR count). The smallest absolute Gasteiger partial charge is 0.244 e. The Morgan fingerprint density at radius 1 is 1.00 bits per heavy atom. The molecule has 0 aromatic heterocycles. The fraction of sp³-hybridized carbons (Fsp3) is 0.222. The van der Waals surface area contributed by atoms with Crippen LogP contribution in [0.4, 0.5) is 20.2 Å². The van der Waals surface area contributed by atoms with Crippen LogP contribution in [0, 0.1) is 25.5 Å². The van der Waals surface area contributed by atoms with Crippen molar-refractivity contribution in [2.45, 2.75) is 20.8 Å². The minimum atomic E-state index is -0.898. The average molecular weight is 332 g/mol. The van der Waals surface area contributed by atoms with Gasteiger partial charge in [-0.25, -0.2) is 8.78 Å². The van der Waals surface area contributed by atoms with E-state index in [1.165, 1.54) is 6.07 Å². The molecule has 0 saturated heterocycles. The molecule has 0 bridgehead atoms. The summed E-state index contributed by atoms with van der Waals surface area (Å²) < 4.78 is 27.8. The second kappa shape index (κ2) is 7.21. The van der Waals surface area contributed by atoms with Crippen LogP contribution < -0.4 is 10.2 Å². The summed E-state index contributed by atoms with van der Waals surface area (Å²) in [6, 6.07) is 8.80. The van der Waals surface area contributed by atoms with Gasteiger partial charge in [0.2, 0.25) is 11.8 Å². The van der Waals surface area contributed by atoms with Crippen molar-refractivity contribution in [1.29, 1.82) is 0 Å². The third-order valence-electron chi connectivity index (χ3n) is 3.63. The Morgan fingerprint density at radius 2 is 1.50 bits per heavy atom. The van der Waals surface area contributed by atoms with E-state index in [4.69, 9.17) is 0 Å². The average Bonchev–Trinajstić information content (AvgIpc) is 2.49. The molecule has 2 aromatic rings. The number of rotatable bonds is 4. The number of para-hydroxylation sites is 2. The van der Waals surface area contributed by atoms with Crippen LogP contribution in [0.25, 0.3) is 0 Å². The normalized spacial score (nSPS) is 10.4. The van der Waals surface area contributed by atoms with Crippen molar-refractivity contribution in [3.8, 4) is 0 Å². The van der Waals surface area contributed by atoms with Crippen molar-refractivity contribution < 1.29 is 18.4 Å². The maximum Gasteiger partial charge on any atom is 0.244 e. The van der Waals surface area contributed by atoms with Gasteiger partial charge in [0.1, 0.15) is 23.9 Å². The summed E-state index contributed by atoms with van der Waals surface area (Å²) in [6.07, 6.45) is 0. The van der Waals surface area contributed by atoms with Gasteiger partial charge in [0.05, 0.1) is 0 Å². The quantitative estimate of drug-likeness (QED) is 0.930. The molecule has 24 heavy (non-hydrogen) atoms. The van der Waals surface area contributed by atoms with Gasteiger partial charge in [-0.15, -0.1) is 0 Å². The molecule has 6 heteroatoms. The monoisotopic (exact) mass is 332 g/mol. The number of amides is 2. The zero-order valence-electron chi connectivity index (χ0n) is 13.7. The third-order valence-corrected chi connectivity index (χ3v) is 3.63. The first-order chi connectivity index (χ1) is 11.3. The van der Waals surface area contributed by atoms with Crippen molar-refractivity contribution in [3.63, 3.8) is 0 Å². The Labute approximate surface area is 139 Å². The lowest BCUT2D eigenvalue weighted by molar-refractivity contribution is -0.120. The van der Waals surface area contributed by atoms with Crippen molar-refractivity contribution >= 4 is 23.2 Å². The molecule has 0 heterocycles. The number of halogens is 2. The van der Waals surface area contributed by atoms with E-state index >= 15 is 0 Å². The van der Waals surface area contributed by atoms with Gasteiger partial charge in [-0.2, -0.15) is 0 Å². The molecule has 0 radical (unpaired) electrons. The highest BCUT2D eigenvalue weighted by molar-refractivity contribution is 6.02. The molecule has 126 valence electrons. The van der Waals surface area contributed by atoms with E-state index in [9.17, 15) is 18.4 Å². The van der Waals surface area contributed by atoms with Crippen LogP contribution in [-0.2, 0) is 9.59 Å². The molecule has 0 spiro atoms. The van der Waals surface area contributed by atoms with Crippen molar-refractivity contribution in [1.82, 2.24) is 0 Å². The maximum absolute atomic E-state index is 13.9. The fourth-order valence-corrected chi connectivity index (χ4v) is 2.43. The lowest BCUT2D eigenvalue weighted by atomic mass is 10.1. The Kier molecular flexibility index (Phi) is 5.28. The Morgan fingerprint density at radius 3 is 2.00 bits per heavy atom. The number of hydrogen-bond donors (Lipinski definition) is 1. The molecule has 0 aliphatic heterocycles. The van der Waals surface area contributed by atoms with Gasteiger partial charge in [0.15, 0.2) is 0 Å². The fourth-order valence-electron chi connectivity index (χ4n) is 2.43. The van der Waals surface area contributed by atoms with Crippen LogP contribution in [0.15, 0.2) is 36.4 Å². The van der Waals surface area contributed by atoms with E-state index in [0.29, 0.717) is 5.69 Å². The van der Waals surface area contributed by atoms with Crippen LogP contribution in [0.5, 0.6) is 0 Å². The Balaban J connectivity index is 2.26. The number of aryl methyl sites for hydroxylation is 2. The number of nitrogens with zero attached hydrogens (tertiary/aromatic N) is 1. The molecule has 4 nitrogen and oxygen atoms in total. The Bertz CT molecular complexity index is 750. The van der Waals surface area contributed by atoms with Crippen LogP contribution in [-0.4, -0.2) is 18.4 Å². The highest BCUT2D eigenvalue weighted by atomic mass is 19.1. The number of benzene rings is 2. The first-order valence-electron chi connectivity index (χ1n) is 7.39. The van der Waals surface area contributed by atoms with Crippen LogP contribution in [0.2, 0.25) is 0 Å². The summed E-state index contributed by atoms with van der Waals surface area (Å²) in [4.78, 5) is 24.8. The molecular weight excluding hydrogens is 314 g/mol. The topological polar surface area (TPSA) is 49.4 Å². The summed E-state index contributed by atoms with van der Waals surface area (Å²) in [7, 11) is 0. The zero-order chi connectivity index (χ0) is 17.9. The van der Waals surface area contributed by atoms with E-state index in [-0.39, 0.29) is 0 Å². The predicted octanol–water partition coefficient (Wildman–Crippen LogP) is 3.57. The van der Waals surface area contributed by atoms with E-state index < -0.39 is 35.7 Å². The summed E-state index contributed by atoms with van der Waals surface area (Å²) in [6.45, 7) is 4.34. The highest BCUT2D eigenvalue weighted by Gasteiger charge is 2.23. The van der Waals surface area contributed by atoms with E-state index in [2.05, 4.69) is 5.32 Å². The minimum absolute atomic E-state index is 0.485. The molecule has 0 unspecified atom stereocenters. The SMILES string of the molecule is CC(=O)N(CC(=O)Nc1c(C)cccc1C)c1c(F)cccc1F. The molecule has 0 fully saturated rings. The predicted molar refractivity (Wildman–Crippen MR) is 88.9 cm³/mol. The van der Waals surface area contributed by atoms with Crippen LogP contribution in [0.1, 0.15) is 18.1 Å². The van der Waals surface area contributed by atoms with Gasteiger partial charge in [-0.1, -0.05) is 24.3 Å². The number of carbonyl (C=O) groups is 2. The maximum atomic E-state index is 13.9. The van der Waals surface area contributed by atoms with E-state index in [1.807, 2.05) is 32.0 Å². The number of hydrogen-bond acceptors (Lipinski definition) is 2. The van der Waals surface area contributed by atoms with Gasteiger partial charge < -0.3 is 5.32 Å². The van der Waals surface area contributed by atoms with E-state index in [0.717, 1.165) is 35.1 Å². The molecule has 0 aliphatic carbocycles. The lowest BCUT2D eigenvalue weighted by Gasteiger charge is -2.22. The lowest BCUT2D eigenvalue weighted by Crippen LogP contribution is -2.38. The van der Waals surface area contributed by atoms with Gasteiger partial charge >= 0.3 is 0 Å². The zero-order valence-corrected chi connectivity index (χ0v) is 13.7.